The van der Waals surface area contributed by atoms with Crippen LogP contribution in [0.3, 0.4) is 0 Å². The number of carbonyl (C=O) groups excluding carboxylic acids is 1. The summed E-state index contributed by atoms with van der Waals surface area (Å²) < 4.78 is 0.675. The molecule has 2 aromatic carbocycles. The second kappa shape index (κ2) is 6.59. The fourth-order valence-electron chi connectivity index (χ4n) is 1.61. The molecule has 0 heterocycles. The maximum atomic E-state index is 12.1. The van der Waals surface area contributed by atoms with Crippen molar-refractivity contribution in [3.63, 3.8) is 0 Å². The first-order valence-corrected chi connectivity index (χ1v) is 7.31. The van der Waals surface area contributed by atoms with Gasteiger partial charge in [-0.1, -0.05) is 35.3 Å². The molecule has 6 heteroatoms. The topological polar surface area (TPSA) is 55.1 Å². The van der Waals surface area contributed by atoms with Gasteiger partial charge in [0.25, 0.3) is 5.91 Å². The molecule has 0 spiro atoms. The number of carbonyl (C=O) groups is 1. The first-order valence-electron chi connectivity index (χ1n) is 5.76. The molecule has 2 rings (SSSR count). The van der Waals surface area contributed by atoms with E-state index in [1.54, 1.807) is 24.3 Å². The van der Waals surface area contributed by atoms with Crippen molar-refractivity contribution in [1.29, 1.82) is 0 Å². The quantitative estimate of drug-likeness (QED) is 0.780. The van der Waals surface area contributed by atoms with Crippen LogP contribution < -0.4 is 11.1 Å². The molecule has 0 fully saturated rings. The Morgan fingerprint density at radius 2 is 1.75 bits per heavy atom. The van der Waals surface area contributed by atoms with E-state index in [2.05, 4.69) is 21.2 Å². The molecule has 0 radical (unpaired) electrons. The number of halogens is 3. The molecule has 0 aliphatic heterocycles. The van der Waals surface area contributed by atoms with Crippen molar-refractivity contribution in [3.8, 4) is 0 Å². The number of hydrogen-bond acceptors (Lipinski definition) is 2. The third kappa shape index (κ3) is 3.33. The third-order valence-electron chi connectivity index (χ3n) is 2.74. The summed E-state index contributed by atoms with van der Waals surface area (Å²) in [7, 11) is 0. The van der Waals surface area contributed by atoms with Gasteiger partial charge in [-0.05, 0) is 45.8 Å². The first kappa shape index (κ1) is 15.3. The summed E-state index contributed by atoms with van der Waals surface area (Å²) in [5, 5.41) is 3.39. The Morgan fingerprint density at radius 1 is 1.10 bits per heavy atom. The van der Waals surface area contributed by atoms with E-state index in [0.717, 1.165) is 5.56 Å². The van der Waals surface area contributed by atoms with Crippen LogP contribution in [0.1, 0.15) is 15.9 Å². The smallest absolute Gasteiger partial charge is 0.255 e. The molecular weight excluding hydrogens is 363 g/mol. The Kier molecular flexibility index (Phi) is 5.05. The Hall–Kier alpha value is -1.07. The highest BCUT2D eigenvalue weighted by Gasteiger charge is 2.12. The van der Waals surface area contributed by atoms with Crippen molar-refractivity contribution < 1.29 is 4.79 Å². The van der Waals surface area contributed by atoms with Gasteiger partial charge in [0, 0.05) is 16.6 Å². The van der Waals surface area contributed by atoms with Gasteiger partial charge in [0.15, 0.2) is 0 Å². The van der Waals surface area contributed by atoms with Crippen LogP contribution in [-0.2, 0) is 6.54 Å². The lowest BCUT2D eigenvalue weighted by Crippen LogP contribution is -2.12. The number of rotatable bonds is 3. The lowest BCUT2D eigenvalue weighted by Gasteiger charge is -2.09. The molecule has 0 aliphatic carbocycles. The minimum atomic E-state index is -0.256. The van der Waals surface area contributed by atoms with Crippen molar-refractivity contribution in [1.82, 2.24) is 0 Å². The second-order valence-corrected chi connectivity index (χ2v) is 5.69. The van der Waals surface area contributed by atoms with Gasteiger partial charge in [-0.3, -0.25) is 4.79 Å². The number of benzene rings is 2. The molecule has 0 aromatic heterocycles. The fraction of sp³-hybridized carbons (Fsp3) is 0.0714. The van der Waals surface area contributed by atoms with Gasteiger partial charge in [0.05, 0.1) is 15.7 Å². The van der Waals surface area contributed by atoms with Crippen molar-refractivity contribution >= 4 is 50.7 Å². The predicted octanol–water partition coefficient (Wildman–Crippen LogP) is 4.47. The molecule has 1 amide bonds. The maximum absolute atomic E-state index is 12.1. The Morgan fingerprint density at radius 3 is 2.35 bits per heavy atom. The fourth-order valence-corrected chi connectivity index (χ4v) is 2.43. The standard InChI is InChI=1S/C14H11BrCl2N2O/c15-10-5-6-11(13(17)12(10)16)19-14(20)9-3-1-8(7-18)2-4-9/h1-6H,7,18H2,(H,19,20). The zero-order valence-electron chi connectivity index (χ0n) is 10.3. The summed E-state index contributed by atoms with van der Waals surface area (Å²) in [6, 6.07) is 10.5. The Bertz CT molecular complexity index is 644. The van der Waals surface area contributed by atoms with E-state index >= 15 is 0 Å². The Balaban J connectivity index is 2.21. The van der Waals surface area contributed by atoms with Gasteiger partial charge in [0.2, 0.25) is 0 Å². The highest BCUT2D eigenvalue weighted by molar-refractivity contribution is 9.10. The second-order valence-electron chi connectivity index (χ2n) is 4.08. The van der Waals surface area contributed by atoms with Crippen LogP contribution in [0.4, 0.5) is 5.69 Å². The molecule has 104 valence electrons. The van der Waals surface area contributed by atoms with Crippen LogP contribution in [0.2, 0.25) is 10.0 Å². The molecule has 0 saturated carbocycles. The van der Waals surface area contributed by atoms with Gasteiger partial charge in [0.1, 0.15) is 0 Å². The SMILES string of the molecule is NCc1ccc(C(=O)Nc2ccc(Br)c(Cl)c2Cl)cc1. The van der Waals surface area contributed by atoms with Crippen LogP contribution in [0, 0.1) is 0 Å². The Labute approximate surface area is 135 Å². The van der Waals surface area contributed by atoms with E-state index in [1.807, 2.05) is 12.1 Å². The molecule has 20 heavy (non-hydrogen) atoms. The van der Waals surface area contributed by atoms with Crippen LogP contribution >= 0.6 is 39.1 Å². The number of hydrogen-bond donors (Lipinski definition) is 2. The van der Waals surface area contributed by atoms with Crippen LogP contribution in [0.5, 0.6) is 0 Å². The van der Waals surface area contributed by atoms with Crippen LogP contribution in [0.25, 0.3) is 0 Å². The summed E-state index contributed by atoms with van der Waals surface area (Å²) in [6.45, 7) is 0.441. The predicted molar refractivity (Wildman–Crippen MR) is 86.4 cm³/mol. The van der Waals surface area contributed by atoms with Gasteiger partial charge < -0.3 is 11.1 Å². The summed E-state index contributed by atoms with van der Waals surface area (Å²) in [5.74, 6) is -0.256. The summed E-state index contributed by atoms with van der Waals surface area (Å²) >= 11 is 15.4. The van der Waals surface area contributed by atoms with Crippen molar-refractivity contribution in [2.45, 2.75) is 6.54 Å². The maximum Gasteiger partial charge on any atom is 0.255 e. The van der Waals surface area contributed by atoms with Gasteiger partial charge in [-0.25, -0.2) is 0 Å². The molecule has 0 atom stereocenters. The summed E-state index contributed by atoms with van der Waals surface area (Å²) in [6.07, 6.45) is 0. The lowest BCUT2D eigenvalue weighted by atomic mass is 10.1. The van der Waals surface area contributed by atoms with E-state index < -0.39 is 0 Å². The van der Waals surface area contributed by atoms with E-state index in [-0.39, 0.29) is 5.91 Å². The molecular formula is C14H11BrCl2N2O. The van der Waals surface area contributed by atoms with Gasteiger partial charge in [-0.2, -0.15) is 0 Å². The van der Waals surface area contributed by atoms with Crippen LogP contribution in [0.15, 0.2) is 40.9 Å². The van der Waals surface area contributed by atoms with E-state index in [1.165, 1.54) is 0 Å². The van der Waals surface area contributed by atoms with E-state index in [4.69, 9.17) is 28.9 Å². The van der Waals surface area contributed by atoms with E-state index in [0.29, 0.717) is 32.3 Å². The monoisotopic (exact) mass is 372 g/mol. The van der Waals surface area contributed by atoms with Crippen molar-refractivity contribution in [2.75, 3.05) is 5.32 Å². The molecule has 0 unspecified atom stereocenters. The number of nitrogens with one attached hydrogen (secondary N) is 1. The summed E-state index contributed by atoms with van der Waals surface area (Å²) in [4.78, 5) is 12.1. The van der Waals surface area contributed by atoms with E-state index in [9.17, 15) is 4.79 Å². The normalized spacial score (nSPS) is 10.4. The zero-order valence-corrected chi connectivity index (χ0v) is 13.4. The minimum Gasteiger partial charge on any atom is -0.326 e. The third-order valence-corrected chi connectivity index (χ3v) is 4.51. The lowest BCUT2D eigenvalue weighted by molar-refractivity contribution is 0.102. The highest BCUT2D eigenvalue weighted by Crippen LogP contribution is 2.35. The molecule has 2 aromatic rings. The largest absolute Gasteiger partial charge is 0.326 e. The van der Waals surface area contributed by atoms with Crippen molar-refractivity contribution in [3.05, 3.63) is 62.0 Å². The minimum absolute atomic E-state index is 0.256. The first-order chi connectivity index (χ1) is 9.52. The van der Waals surface area contributed by atoms with Gasteiger partial charge >= 0.3 is 0 Å². The molecule has 0 saturated heterocycles. The average Bonchev–Trinajstić information content (AvgIpc) is 2.48. The molecule has 3 N–H and O–H groups in total. The summed E-state index contributed by atoms with van der Waals surface area (Å²) in [5.41, 5.74) is 7.47. The molecule has 0 aliphatic rings. The van der Waals surface area contributed by atoms with Gasteiger partial charge in [-0.15, -0.1) is 0 Å². The zero-order chi connectivity index (χ0) is 14.7. The number of amides is 1. The van der Waals surface area contributed by atoms with Crippen LogP contribution in [-0.4, -0.2) is 5.91 Å². The average molecular weight is 374 g/mol. The number of anilines is 1. The highest BCUT2D eigenvalue weighted by atomic mass is 79.9. The number of nitrogens with two attached hydrogens (primary N) is 1. The molecule has 0 bridgehead atoms. The van der Waals surface area contributed by atoms with Crippen molar-refractivity contribution in [2.24, 2.45) is 5.73 Å². The molecule has 3 nitrogen and oxygen atoms in total.